The Morgan fingerprint density at radius 1 is 1.14 bits per heavy atom. The molecule has 0 spiro atoms. The maximum atomic E-state index is 12.7. The van der Waals surface area contributed by atoms with E-state index < -0.39 is 11.2 Å². The number of hydrogen-bond donors (Lipinski definition) is 1. The van der Waals surface area contributed by atoms with E-state index in [4.69, 9.17) is 0 Å². The number of carbonyl (C=O) groups is 1. The zero-order valence-electron chi connectivity index (χ0n) is 17.1. The lowest BCUT2D eigenvalue weighted by atomic mass is 10.1. The highest BCUT2D eigenvalue weighted by Gasteiger charge is 2.18. The summed E-state index contributed by atoms with van der Waals surface area (Å²) in [6.07, 6.45) is 0.543. The molecule has 0 fully saturated rings. The van der Waals surface area contributed by atoms with Crippen LogP contribution in [0.1, 0.15) is 23.9 Å². The van der Waals surface area contributed by atoms with Gasteiger partial charge in [-0.1, -0.05) is 30.8 Å². The van der Waals surface area contributed by atoms with Gasteiger partial charge in [0, 0.05) is 26.2 Å². The molecule has 1 N–H and O–H groups in total. The van der Waals surface area contributed by atoms with Crippen LogP contribution in [0.15, 0.2) is 32.8 Å². The molecule has 0 bridgehead atoms. The number of aromatic nitrogens is 4. The summed E-state index contributed by atoms with van der Waals surface area (Å²) in [4.78, 5) is 46.2. The Kier molecular flexibility index (Phi) is 5.88. The maximum Gasteiger partial charge on any atom is 0.332 e. The van der Waals surface area contributed by atoms with Crippen LogP contribution in [0.5, 0.6) is 0 Å². The highest BCUT2D eigenvalue weighted by atomic mass is 32.2. The van der Waals surface area contributed by atoms with Crippen LogP contribution < -0.4 is 16.6 Å². The molecule has 0 atom stereocenters. The molecular formula is C20H23N5O3S. The smallest absolute Gasteiger partial charge is 0.325 e. The first-order valence-electron chi connectivity index (χ1n) is 9.20. The van der Waals surface area contributed by atoms with E-state index in [1.54, 1.807) is 7.05 Å². The van der Waals surface area contributed by atoms with Crippen LogP contribution in [0, 0.1) is 13.8 Å². The number of anilines is 1. The van der Waals surface area contributed by atoms with Crippen molar-refractivity contribution >= 4 is 34.4 Å². The van der Waals surface area contributed by atoms with E-state index in [-0.39, 0.29) is 22.7 Å². The first-order chi connectivity index (χ1) is 13.7. The van der Waals surface area contributed by atoms with E-state index in [0.29, 0.717) is 17.3 Å². The molecule has 0 aliphatic rings. The average Bonchev–Trinajstić information content (AvgIpc) is 2.71. The molecule has 8 nitrogen and oxygen atoms in total. The molecule has 0 unspecified atom stereocenters. The van der Waals surface area contributed by atoms with Crippen molar-refractivity contribution in [1.82, 2.24) is 19.1 Å². The van der Waals surface area contributed by atoms with Gasteiger partial charge in [-0.3, -0.25) is 18.7 Å². The minimum Gasteiger partial charge on any atom is -0.325 e. The Bertz CT molecular complexity index is 1230. The lowest BCUT2D eigenvalue weighted by Crippen LogP contribution is -2.38. The van der Waals surface area contributed by atoms with E-state index >= 15 is 0 Å². The van der Waals surface area contributed by atoms with Gasteiger partial charge in [0.1, 0.15) is 16.2 Å². The van der Waals surface area contributed by atoms with Gasteiger partial charge in [0.15, 0.2) is 5.65 Å². The molecule has 3 aromatic rings. The van der Waals surface area contributed by atoms with Gasteiger partial charge in [0.25, 0.3) is 5.56 Å². The lowest BCUT2D eigenvalue weighted by Gasteiger charge is -2.12. The summed E-state index contributed by atoms with van der Waals surface area (Å²) in [7, 11) is 2.98. The fourth-order valence-electron chi connectivity index (χ4n) is 2.94. The summed E-state index contributed by atoms with van der Waals surface area (Å²) in [5.41, 5.74) is 2.22. The molecule has 1 amide bonds. The number of aryl methyl sites for hydroxylation is 3. The van der Waals surface area contributed by atoms with Crippen molar-refractivity contribution in [3.63, 3.8) is 0 Å². The molecule has 0 aliphatic carbocycles. The second-order valence-electron chi connectivity index (χ2n) is 6.79. The van der Waals surface area contributed by atoms with Gasteiger partial charge < -0.3 is 5.32 Å². The van der Waals surface area contributed by atoms with Crippen LogP contribution in [-0.2, 0) is 25.3 Å². The second kappa shape index (κ2) is 8.20. The number of nitrogens with zero attached hydrogens (tertiary/aromatic N) is 4. The first kappa shape index (κ1) is 20.8. The van der Waals surface area contributed by atoms with Gasteiger partial charge in [-0.25, -0.2) is 14.8 Å². The number of fused-ring (bicyclic) bond motifs is 1. The molecule has 29 heavy (non-hydrogen) atoms. The van der Waals surface area contributed by atoms with Crippen molar-refractivity contribution in [1.29, 1.82) is 0 Å². The zero-order valence-corrected chi connectivity index (χ0v) is 17.9. The number of carbonyl (C=O) groups excluding carboxylic acids is 1. The number of nitrogens with one attached hydrogen (secondary N) is 1. The minimum absolute atomic E-state index is 0.0780. The monoisotopic (exact) mass is 413 g/mol. The Balaban J connectivity index is 1.95. The molecule has 152 valence electrons. The van der Waals surface area contributed by atoms with E-state index in [9.17, 15) is 14.4 Å². The third-order valence-corrected chi connectivity index (χ3v) is 5.82. The number of thioether (sulfide) groups is 1. The Morgan fingerprint density at radius 3 is 2.55 bits per heavy atom. The number of hydrogen-bond acceptors (Lipinski definition) is 6. The summed E-state index contributed by atoms with van der Waals surface area (Å²) in [6.45, 7) is 5.83. The molecule has 9 heteroatoms. The quantitative estimate of drug-likeness (QED) is 0.507. The van der Waals surface area contributed by atoms with Crippen LogP contribution in [-0.4, -0.2) is 30.8 Å². The molecule has 0 saturated heterocycles. The third kappa shape index (κ3) is 3.95. The standard InChI is InChI=1S/C20H23N5O3S/c1-6-14-22-17-16(19(27)25(5)20(28)24(17)4)18(23-14)29-10-15(26)21-13-9-7-8-11(2)12(13)3/h7-9H,6,10H2,1-5H3,(H,21,26). The molecule has 2 aromatic heterocycles. The number of rotatable bonds is 5. The summed E-state index contributed by atoms with van der Waals surface area (Å²) >= 11 is 1.16. The van der Waals surface area contributed by atoms with E-state index in [1.165, 1.54) is 11.6 Å². The van der Waals surface area contributed by atoms with Crippen LogP contribution in [0.2, 0.25) is 0 Å². The molecule has 0 saturated carbocycles. The van der Waals surface area contributed by atoms with Crippen molar-refractivity contribution < 1.29 is 4.79 Å². The van der Waals surface area contributed by atoms with Gasteiger partial charge in [0.2, 0.25) is 5.91 Å². The minimum atomic E-state index is -0.469. The van der Waals surface area contributed by atoms with E-state index in [2.05, 4.69) is 15.3 Å². The van der Waals surface area contributed by atoms with Crippen molar-refractivity contribution in [3.05, 3.63) is 56.0 Å². The van der Waals surface area contributed by atoms with Gasteiger partial charge in [-0.15, -0.1) is 0 Å². The topological polar surface area (TPSA) is 98.9 Å². The maximum absolute atomic E-state index is 12.7. The highest BCUT2D eigenvalue weighted by molar-refractivity contribution is 8.00. The summed E-state index contributed by atoms with van der Waals surface area (Å²) in [5.74, 6) is 0.391. The molecule has 0 aliphatic heterocycles. The van der Waals surface area contributed by atoms with Crippen LogP contribution in [0.4, 0.5) is 5.69 Å². The van der Waals surface area contributed by atoms with E-state index in [1.807, 2.05) is 39.0 Å². The lowest BCUT2D eigenvalue weighted by molar-refractivity contribution is -0.113. The SMILES string of the molecule is CCc1nc(SCC(=O)Nc2cccc(C)c2C)c2c(=O)n(C)c(=O)n(C)c2n1. The van der Waals surface area contributed by atoms with Crippen molar-refractivity contribution in [3.8, 4) is 0 Å². The first-order valence-corrected chi connectivity index (χ1v) is 10.2. The van der Waals surface area contributed by atoms with Crippen molar-refractivity contribution in [2.24, 2.45) is 14.1 Å². The summed E-state index contributed by atoms with van der Waals surface area (Å²) < 4.78 is 2.36. The predicted molar refractivity (Wildman–Crippen MR) is 115 cm³/mol. The fourth-order valence-corrected chi connectivity index (χ4v) is 3.77. The Morgan fingerprint density at radius 2 is 1.86 bits per heavy atom. The summed E-state index contributed by atoms with van der Waals surface area (Å²) in [6, 6.07) is 5.73. The van der Waals surface area contributed by atoms with Crippen LogP contribution >= 0.6 is 11.8 Å². The van der Waals surface area contributed by atoms with Crippen LogP contribution in [0.3, 0.4) is 0 Å². The molecular weight excluding hydrogens is 390 g/mol. The van der Waals surface area contributed by atoms with Gasteiger partial charge in [-0.2, -0.15) is 0 Å². The number of benzene rings is 1. The van der Waals surface area contributed by atoms with Gasteiger partial charge in [0.05, 0.1) is 5.75 Å². The molecule has 3 rings (SSSR count). The Hall–Kier alpha value is -2.94. The zero-order chi connectivity index (χ0) is 21.3. The fraction of sp³-hybridized carbons (Fsp3) is 0.350. The van der Waals surface area contributed by atoms with Crippen molar-refractivity contribution in [2.45, 2.75) is 32.2 Å². The molecule has 1 aromatic carbocycles. The van der Waals surface area contributed by atoms with Crippen LogP contribution in [0.25, 0.3) is 11.0 Å². The highest BCUT2D eigenvalue weighted by Crippen LogP contribution is 2.23. The number of amides is 1. The molecule has 0 radical (unpaired) electrons. The summed E-state index contributed by atoms with van der Waals surface area (Å²) in [5, 5.41) is 3.55. The van der Waals surface area contributed by atoms with Gasteiger partial charge >= 0.3 is 5.69 Å². The predicted octanol–water partition coefficient (Wildman–Crippen LogP) is 1.94. The van der Waals surface area contributed by atoms with E-state index in [0.717, 1.165) is 33.1 Å². The average molecular weight is 414 g/mol. The largest absolute Gasteiger partial charge is 0.332 e. The van der Waals surface area contributed by atoms with Crippen molar-refractivity contribution in [2.75, 3.05) is 11.1 Å². The third-order valence-electron chi connectivity index (χ3n) is 4.85. The second-order valence-corrected chi connectivity index (χ2v) is 7.75. The van der Waals surface area contributed by atoms with Gasteiger partial charge in [-0.05, 0) is 31.0 Å². The Labute approximate surface area is 172 Å². The molecule has 2 heterocycles. The normalized spacial score (nSPS) is 11.1.